The summed E-state index contributed by atoms with van der Waals surface area (Å²) in [5.41, 5.74) is 0. The zero-order valence-corrected chi connectivity index (χ0v) is 26.6. The maximum Gasteiger partial charge on any atom is 0.0634 e. The minimum absolute atomic E-state index is 0.596. The van der Waals surface area contributed by atoms with E-state index >= 15 is 0 Å². The summed E-state index contributed by atoms with van der Waals surface area (Å²) < 4.78 is 12.9. The number of fused-ring (bicyclic) bond motifs is 8. The van der Waals surface area contributed by atoms with Crippen LogP contribution in [0.15, 0.2) is 0 Å². The fourth-order valence-corrected chi connectivity index (χ4v) is 14.7. The van der Waals surface area contributed by atoms with Crippen LogP contribution in [-0.2, 0) is 9.47 Å². The molecule has 0 aromatic heterocycles. The molecule has 11 aliphatic rings. The molecule has 0 aromatic rings. The van der Waals surface area contributed by atoms with Gasteiger partial charge in [0.25, 0.3) is 0 Å². The molecule has 6 unspecified atom stereocenters. The summed E-state index contributed by atoms with van der Waals surface area (Å²) >= 11 is 0. The van der Waals surface area contributed by atoms with Crippen molar-refractivity contribution in [3.8, 4) is 0 Å². The van der Waals surface area contributed by atoms with Gasteiger partial charge in [0.1, 0.15) is 0 Å². The van der Waals surface area contributed by atoms with Crippen molar-refractivity contribution in [2.75, 3.05) is 0 Å². The lowest BCUT2D eigenvalue weighted by molar-refractivity contribution is -0.253. The molecule has 11 atom stereocenters. The van der Waals surface area contributed by atoms with Gasteiger partial charge >= 0.3 is 0 Å². The van der Waals surface area contributed by atoms with Gasteiger partial charge in [-0.2, -0.15) is 0 Å². The standard InChI is InChI=1S/C39H62O2/c1-22(26-8-4-3-5-9-26)35(29-16-24-14-25(15-24)17-29)39(38-27-10-6-11-28(38)18-27)36(30-19-31-21-32(20-30)40-31)23(2)37-33-12-7-13-34(37)41-33/h22-39H,3-21H2,1-2H3/t22-,23-,24?,25?,27?,28?,29?,30?,31?,32?,33?,34?,35-,36+,37?,38?,39+/m0/s1. The highest BCUT2D eigenvalue weighted by Crippen LogP contribution is 2.65. The Morgan fingerprint density at radius 1 is 0.439 bits per heavy atom. The highest BCUT2D eigenvalue weighted by molar-refractivity contribution is 5.09. The van der Waals surface area contributed by atoms with E-state index in [1.165, 1.54) is 64.2 Å². The van der Waals surface area contributed by atoms with Crippen molar-refractivity contribution >= 4 is 0 Å². The van der Waals surface area contributed by atoms with E-state index in [9.17, 15) is 0 Å². The van der Waals surface area contributed by atoms with Gasteiger partial charge in [0.15, 0.2) is 0 Å². The summed E-state index contributed by atoms with van der Waals surface area (Å²) in [7, 11) is 0. The lowest BCUT2D eigenvalue weighted by Gasteiger charge is -2.64. The van der Waals surface area contributed by atoms with Gasteiger partial charge in [-0.25, -0.2) is 0 Å². The summed E-state index contributed by atoms with van der Waals surface area (Å²) in [5.74, 6) is 14.0. The SMILES string of the molecule is C[C@H](C1C2CCCC1O2)[C@H](C1CC2CC(C1)O2)[C@H](C1C2CCCC1C2)[C@H](C1CC2CC(C2)C1)[C@@H](C)C1CCCCC1. The molecule has 0 amide bonds. The van der Waals surface area contributed by atoms with Gasteiger partial charge in [-0.05, 0) is 148 Å². The van der Waals surface area contributed by atoms with Crippen molar-refractivity contribution in [2.24, 2.45) is 82.9 Å². The largest absolute Gasteiger partial charge is 0.375 e. The minimum atomic E-state index is 0.596. The van der Waals surface area contributed by atoms with Crippen LogP contribution in [0.1, 0.15) is 136 Å². The Morgan fingerprint density at radius 3 is 1.63 bits per heavy atom. The molecule has 8 saturated carbocycles. The first-order valence-corrected chi connectivity index (χ1v) is 19.4. The predicted octanol–water partition coefficient (Wildman–Crippen LogP) is 9.69. The highest BCUT2D eigenvalue weighted by atomic mass is 16.5. The smallest absolute Gasteiger partial charge is 0.0634 e. The second kappa shape index (κ2) is 10.8. The van der Waals surface area contributed by atoms with Gasteiger partial charge in [0.2, 0.25) is 0 Å². The van der Waals surface area contributed by atoms with E-state index < -0.39 is 0 Å². The Balaban J connectivity index is 1.12. The normalized spacial score (nSPS) is 52.0. The Bertz CT molecular complexity index is 880. The van der Waals surface area contributed by atoms with Crippen LogP contribution in [0.4, 0.5) is 0 Å². The van der Waals surface area contributed by atoms with Crippen molar-refractivity contribution in [3.63, 3.8) is 0 Å². The first kappa shape index (κ1) is 27.2. The van der Waals surface area contributed by atoms with Crippen LogP contribution in [-0.4, -0.2) is 24.4 Å². The molecule has 0 spiro atoms. The van der Waals surface area contributed by atoms with Gasteiger partial charge in [0, 0.05) is 5.92 Å². The molecule has 230 valence electrons. The Morgan fingerprint density at radius 2 is 1.02 bits per heavy atom. The Labute approximate surface area is 252 Å². The third-order valence-electron chi connectivity index (χ3n) is 16.3. The number of hydrogen-bond acceptors (Lipinski definition) is 2. The molecule has 3 aliphatic heterocycles. The average molecular weight is 563 g/mol. The molecule has 0 aromatic carbocycles. The zero-order chi connectivity index (χ0) is 27.2. The molecule has 11 rings (SSSR count). The summed E-state index contributed by atoms with van der Waals surface area (Å²) in [4.78, 5) is 0. The Hall–Kier alpha value is -0.0800. The number of ether oxygens (including phenoxy) is 2. The van der Waals surface area contributed by atoms with E-state index in [-0.39, 0.29) is 0 Å². The van der Waals surface area contributed by atoms with Gasteiger partial charge < -0.3 is 9.47 Å². The van der Waals surface area contributed by atoms with Crippen LogP contribution in [0.5, 0.6) is 0 Å². The fraction of sp³-hybridized carbons (Fsp3) is 1.00. The van der Waals surface area contributed by atoms with E-state index in [1.54, 1.807) is 57.8 Å². The monoisotopic (exact) mass is 562 g/mol. The molecule has 41 heavy (non-hydrogen) atoms. The average Bonchev–Trinajstić information content (AvgIpc) is 2.98. The van der Waals surface area contributed by atoms with Crippen LogP contribution >= 0.6 is 0 Å². The lowest BCUT2D eigenvalue weighted by Crippen LogP contribution is -2.61. The Kier molecular flexibility index (Phi) is 7.16. The molecule has 3 heterocycles. The van der Waals surface area contributed by atoms with Gasteiger partial charge in [-0.15, -0.1) is 0 Å². The molecule has 3 saturated heterocycles. The first-order chi connectivity index (χ1) is 20.1. The maximum absolute atomic E-state index is 6.55. The van der Waals surface area contributed by atoms with Crippen LogP contribution in [0, 0.1) is 82.9 Å². The lowest BCUT2D eigenvalue weighted by atomic mass is 9.42. The van der Waals surface area contributed by atoms with Crippen molar-refractivity contribution in [1.29, 1.82) is 0 Å². The van der Waals surface area contributed by atoms with Crippen LogP contribution in [0.3, 0.4) is 0 Å². The molecule has 8 bridgehead atoms. The van der Waals surface area contributed by atoms with E-state index in [2.05, 4.69) is 13.8 Å². The van der Waals surface area contributed by atoms with Crippen LogP contribution in [0.2, 0.25) is 0 Å². The minimum Gasteiger partial charge on any atom is -0.375 e. The van der Waals surface area contributed by atoms with Crippen molar-refractivity contribution in [2.45, 2.75) is 160 Å². The van der Waals surface area contributed by atoms with Gasteiger partial charge in [-0.1, -0.05) is 65.2 Å². The molecule has 2 nitrogen and oxygen atoms in total. The van der Waals surface area contributed by atoms with Crippen molar-refractivity contribution in [3.05, 3.63) is 0 Å². The second-order valence-corrected chi connectivity index (χ2v) is 18.1. The van der Waals surface area contributed by atoms with Crippen LogP contribution in [0.25, 0.3) is 0 Å². The summed E-state index contributed by atoms with van der Waals surface area (Å²) in [6.07, 6.45) is 31.0. The second-order valence-electron chi connectivity index (χ2n) is 18.1. The quantitative estimate of drug-likeness (QED) is 0.278. The topological polar surface area (TPSA) is 18.5 Å². The molecular formula is C39H62O2. The number of rotatable bonds is 9. The molecule has 0 N–H and O–H groups in total. The third kappa shape index (κ3) is 4.58. The molecule has 11 fully saturated rings. The molecular weight excluding hydrogens is 500 g/mol. The highest BCUT2D eigenvalue weighted by Gasteiger charge is 2.60. The molecule has 2 heteroatoms. The van der Waals surface area contributed by atoms with Gasteiger partial charge in [0.05, 0.1) is 24.4 Å². The van der Waals surface area contributed by atoms with E-state index in [0.29, 0.717) is 24.4 Å². The van der Waals surface area contributed by atoms with E-state index in [0.717, 1.165) is 82.9 Å². The van der Waals surface area contributed by atoms with Gasteiger partial charge in [-0.3, -0.25) is 0 Å². The fourth-order valence-electron chi connectivity index (χ4n) is 14.7. The van der Waals surface area contributed by atoms with Crippen molar-refractivity contribution in [1.82, 2.24) is 0 Å². The van der Waals surface area contributed by atoms with Crippen molar-refractivity contribution < 1.29 is 9.47 Å². The summed E-state index contributed by atoms with van der Waals surface area (Å²) in [6.45, 7) is 5.64. The summed E-state index contributed by atoms with van der Waals surface area (Å²) in [6, 6.07) is 0. The zero-order valence-electron chi connectivity index (χ0n) is 26.6. The first-order valence-electron chi connectivity index (χ1n) is 19.4. The van der Waals surface area contributed by atoms with Crippen LogP contribution < -0.4 is 0 Å². The maximum atomic E-state index is 6.55. The molecule has 0 radical (unpaired) electrons. The third-order valence-corrected chi connectivity index (χ3v) is 16.3. The van der Waals surface area contributed by atoms with E-state index in [4.69, 9.17) is 9.47 Å². The van der Waals surface area contributed by atoms with E-state index in [1.807, 2.05) is 0 Å². The number of hydrogen-bond donors (Lipinski definition) is 0. The summed E-state index contributed by atoms with van der Waals surface area (Å²) in [5, 5.41) is 0. The molecule has 8 aliphatic carbocycles. The predicted molar refractivity (Wildman–Crippen MR) is 165 cm³/mol.